The summed E-state index contributed by atoms with van der Waals surface area (Å²) in [6, 6.07) is 31.6. The zero-order valence-electron chi connectivity index (χ0n) is 41.0. The van der Waals surface area contributed by atoms with Crippen molar-refractivity contribution < 1.29 is 64.2 Å². The Hall–Kier alpha value is -6.06. The van der Waals surface area contributed by atoms with Crippen molar-refractivity contribution in [3.8, 4) is 46.0 Å². The van der Waals surface area contributed by atoms with Crippen LogP contribution >= 0.6 is 15.9 Å². The van der Waals surface area contributed by atoms with E-state index >= 15 is 0 Å². The Morgan fingerprint density at radius 1 is 0.547 bits per heavy atom. The van der Waals surface area contributed by atoms with Gasteiger partial charge in [-0.2, -0.15) is 16.8 Å². The monoisotopic (exact) mass is 1130 g/mol. The quantitative estimate of drug-likeness (QED) is 0.0689. The lowest BCUT2D eigenvalue weighted by molar-refractivity contribution is 0.157. The van der Waals surface area contributed by atoms with E-state index < -0.39 is 20.2 Å². The molecule has 2 atom stereocenters. The molecule has 2 unspecified atom stereocenters. The van der Waals surface area contributed by atoms with Crippen molar-refractivity contribution in [3.05, 3.63) is 154 Å². The fourth-order valence-corrected chi connectivity index (χ4v) is 11.8. The maximum atomic E-state index is 13.1. The molecule has 404 valence electrons. The van der Waals surface area contributed by atoms with E-state index in [1.807, 2.05) is 30.3 Å². The van der Waals surface area contributed by atoms with Crippen LogP contribution in [0.4, 0.5) is 0 Å². The average molecular weight is 1140 g/mol. The molecule has 4 aliphatic heterocycles. The van der Waals surface area contributed by atoms with Gasteiger partial charge in [-0.3, -0.25) is 9.80 Å². The molecule has 0 amide bonds. The standard InChI is InChI=1S/C27H29NO7S.C25H25NO6S.C2H5BrO.2CH4/c1-32-24-9-8-18-14-23-21-16-26(34-13-12-29)25(33-2)15-19(21)10-11-28(23)17-22(18)27(24)35-36(30,31)20-6-4-3-5-7-20;1-30-23-9-8-16-12-21-19-14-22(27)24(31-2)13-17(19)10-11-26(21)15-20(16)25(23)32-33(28,29)18-6-4-3-5-7-18;3-1-2-4;;/h3-9,15-16,23,29H,10-14,17H2,1-2H3;3-9,13-14,21,27H,10-12,15H2,1-2H3;4H,1-2H2;2*1H4. The number of methoxy groups -OCH3 is 4. The van der Waals surface area contributed by atoms with Gasteiger partial charge < -0.3 is 47.4 Å². The average Bonchev–Trinajstić information content (AvgIpc) is 3.41. The minimum Gasteiger partial charge on any atom is -0.504 e. The summed E-state index contributed by atoms with van der Waals surface area (Å²) in [4.78, 5) is 4.80. The van der Waals surface area contributed by atoms with E-state index in [1.165, 1.54) is 44.0 Å². The number of benzene rings is 6. The third-order valence-electron chi connectivity index (χ3n) is 13.3. The number of aliphatic hydroxyl groups excluding tert-OH is 2. The molecule has 16 nitrogen and oxygen atoms in total. The summed E-state index contributed by atoms with van der Waals surface area (Å²) in [7, 11) is -1.88. The van der Waals surface area contributed by atoms with E-state index in [0.29, 0.717) is 60.0 Å². The number of phenols is 1. The minimum atomic E-state index is -4.03. The second-order valence-corrected chi connectivity index (χ2v) is 21.3. The smallest absolute Gasteiger partial charge is 0.339 e. The largest absolute Gasteiger partial charge is 0.504 e. The molecule has 6 aromatic rings. The summed E-state index contributed by atoms with van der Waals surface area (Å²) in [5.74, 6) is 3.09. The predicted octanol–water partition coefficient (Wildman–Crippen LogP) is 8.98. The maximum Gasteiger partial charge on any atom is 0.339 e. The maximum absolute atomic E-state index is 13.1. The Morgan fingerprint density at radius 2 is 0.973 bits per heavy atom. The van der Waals surface area contributed by atoms with Gasteiger partial charge in [-0.15, -0.1) is 0 Å². The van der Waals surface area contributed by atoms with Gasteiger partial charge in [0.15, 0.2) is 46.0 Å². The highest BCUT2D eigenvalue weighted by Gasteiger charge is 2.38. The lowest BCUT2D eigenvalue weighted by atomic mass is 9.83. The SMILES string of the molecule is C.C.COc1cc2c(cc1O)C1Cc3ccc(OC)c(OS(=O)(=O)c4ccccc4)c3CN1CC2.COc1cc2c(cc1OCCO)C1Cc3ccc(OC)c(OS(=O)(=O)c4ccccc4)c3CN1CC2.OCCBr. The minimum absolute atomic E-state index is 0. The van der Waals surface area contributed by atoms with E-state index in [4.69, 9.17) is 37.2 Å². The molecule has 10 rings (SSSR count). The highest BCUT2D eigenvalue weighted by Crippen LogP contribution is 2.48. The van der Waals surface area contributed by atoms with Crippen molar-refractivity contribution in [3.63, 3.8) is 0 Å². The van der Waals surface area contributed by atoms with E-state index in [1.54, 1.807) is 68.8 Å². The second-order valence-electron chi connectivity index (χ2n) is 17.5. The number of ether oxygens (including phenoxy) is 5. The Balaban J connectivity index is 0.000000223. The first-order chi connectivity index (χ1) is 35.3. The van der Waals surface area contributed by atoms with Crippen LogP contribution in [-0.4, -0.2) is 109 Å². The van der Waals surface area contributed by atoms with Crippen molar-refractivity contribution in [1.82, 2.24) is 9.80 Å². The zero-order chi connectivity index (χ0) is 51.9. The molecule has 3 N–H and O–H groups in total. The van der Waals surface area contributed by atoms with E-state index in [2.05, 4.69) is 25.7 Å². The van der Waals surface area contributed by atoms with Crippen LogP contribution in [0.1, 0.15) is 71.4 Å². The Kier molecular flexibility index (Phi) is 19.9. The second kappa shape index (κ2) is 25.7. The van der Waals surface area contributed by atoms with Gasteiger partial charge in [0.25, 0.3) is 0 Å². The Labute approximate surface area is 449 Å². The van der Waals surface area contributed by atoms with Gasteiger partial charge in [-0.25, -0.2) is 0 Å². The highest BCUT2D eigenvalue weighted by molar-refractivity contribution is 9.09. The number of rotatable bonds is 14. The van der Waals surface area contributed by atoms with E-state index in [-0.39, 0.29) is 73.8 Å². The first-order valence-electron chi connectivity index (χ1n) is 23.6. The molecule has 0 radical (unpaired) electrons. The molecule has 4 aliphatic rings. The van der Waals surface area contributed by atoms with Crippen molar-refractivity contribution in [2.24, 2.45) is 0 Å². The molecule has 0 saturated heterocycles. The summed E-state index contributed by atoms with van der Waals surface area (Å²) in [6.07, 6.45) is 2.97. The van der Waals surface area contributed by atoms with Gasteiger partial charge in [0.05, 0.1) is 41.7 Å². The number of fused-ring (bicyclic) bond motifs is 8. The van der Waals surface area contributed by atoms with Gasteiger partial charge in [-0.05, 0) is 120 Å². The normalized spacial score (nSPS) is 16.2. The summed E-state index contributed by atoms with van der Waals surface area (Å²) in [5, 5.41) is 28.1. The molecular formula is C56H67BrN2O14S2. The first kappa shape index (κ1) is 58.2. The van der Waals surface area contributed by atoms with Crippen molar-refractivity contribution in [2.45, 2.75) is 75.5 Å². The first-order valence-corrected chi connectivity index (χ1v) is 27.6. The van der Waals surface area contributed by atoms with Crippen LogP contribution in [0.3, 0.4) is 0 Å². The number of aromatic hydroxyl groups is 1. The van der Waals surface area contributed by atoms with Gasteiger partial charge in [0, 0.05) is 54.7 Å². The number of aliphatic hydroxyl groups is 2. The summed E-state index contributed by atoms with van der Waals surface area (Å²) < 4.78 is 90.9. The molecule has 6 aromatic carbocycles. The number of nitrogens with zero attached hydrogens (tertiary/aromatic N) is 2. The van der Waals surface area contributed by atoms with Gasteiger partial charge in [0.2, 0.25) is 0 Å². The Bertz CT molecular complexity index is 3130. The van der Waals surface area contributed by atoms with E-state index in [9.17, 15) is 27.0 Å². The molecule has 4 heterocycles. The summed E-state index contributed by atoms with van der Waals surface area (Å²) in [5.41, 5.74) is 8.21. The molecule has 75 heavy (non-hydrogen) atoms. The third-order valence-corrected chi connectivity index (χ3v) is 16.1. The van der Waals surface area contributed by atoms with Crippen molar-refractivity contribution in [2.75, 3.05) is 66.7 Å². The third kappa shape index (κ3) is 12.6. The van der Waals surface area contributed by atoms with Crippen LogP contribution in [0.5, 0.6) is 46.0 Å². The zero-order valence-corrected chi connectivity index (χ0v) is 44.2. The number of hydrogen-bond acceptors (Lipinski definition) is 16. The van der Waals surface area contributed by atoms with Crippen LogP contribution in [-0.2, 0) is 59.0 Å². The van der Waals surface area contributed by atoms with Crippen LogP contribution in [0, 0.1) is 0 Å². The summed E-state index contributed by atoms with van der Waals surface area (Å²) >= 11 is 3.00. The van der Waals surface area contributed by atoms with Crippen molar-refractivity contribution >= 4 is 36.2 Å². The Morgan fingerprint density at radius 3 is 1.39 bits per heavy atom. The predicted molar refractivity (Wildman–Crippen MR) is 290 cm³/mol. The van der Waals surface area contributed by atoms with E-state index in [0.717, 1.165) is 64.9 Å². The molecule has 0 bridgehead atoms. The summed E-state index contributed by atoms with van der Waals surface area (Å²) in [6.45, 7) is 2.98. The highest BCUT2D eigenvalue weighted by atomic mass is 79.9. The lowest BCUT2D eigenvalue weighted by Gasteiger charge is -2.42. The lowest BCUT2D eigenvalue weighted by Crippen LogP contribution is -2.39. The van der Waals surface area contributed by atoms with Crippen LogP contribution in [0.15, 0.2) is 119 Å². The number of alkyl halides is 1. The number of hydrogen-bond donors (Lipinski definition) is 3. The topological polar surface area (TPSA) is 200 Å². The van der Waals surface area contributed by atoms with Crippen LogP contribution in [0.25, 0.3) is 0 Å². The molecule has 0 aromatic heterocycles. The fraction of sp³-hybridized carbons (Fsp3) is 0.357. The van der Waals surface area contributed by atoms with Crippen LogP contribution < -0.4 is 32.1 Å². The van der Waals surface area contributed by atoms with Gasteiger partial charge >= 0.3 is 20.2 Å². The molecule has 0 fully saturated rings. The molecular weight excluding hydrogens is 1070 g/mol. The number of phenolic OH excluding ortho intramolecular Hbond substituents is 1. The van der Waals surface area contributed by atoms with Gasteiger partial charge in [-0.1, -0.05) is 79.3 Å². The number of halogens is 1. The van der Waals surface area contributed by atoms with Crippen LogP contribution in [0.2, 0.25) is 0 Å². The molecule has 0 aliphatic carbocycles. The molecule has 19 heteroatoms. The molecule has 0 spiro atoms. The molecule has 0 saturated carbocycles. The van der Waals surface area contributed by atoms with Crippen molar-refractivity contribution in [1.29, 1.82) is 0 Å². The fourth-order valence-electron chi connectivity index (χ4n) is 9.82. The van der Waals surface area contributed by atoms with Gasteiger partial charge in [0.1, 0.15) is 16.4 Å².